The van der Waals surface area contributed by atoms with Crippen LogP contribution in [0, 0.1) is 10.8 Å². The lowest BCUT2D eigenvalue weighted by atomic mass is 9.57. The average molecular weight is 260 g/mol. The molecule has 1 heterocycles. The van der Waals surface area contributed by atoms with Gasteiger partial charge in [0.25, 0.3) is 0 Å². The van der Waals surface area contributed by atoms with Gasteiger partial charge in [-0.1, -0.05) is 59.2 Å². The topological polar surface area (TPSA) is 9.23 Å². The fourth-order valence-electron chi connectivity index (χ4n) is 3.78. The van der Waals surface area contributed by atoms with Gasteiger partial charge in [-0.15, -0.1) is 0 Å². The van der Waals surface area contributed by atoms with Crippen molar-refractivity contribution in [2.75, 3.05) is 0 Å². The summed E-state index contributed by atoms with van der Waals surface area (Å²) >= 11 is 0. The van der Waals surface area contributed by atoms with Crippen LogP contribution in [0.5, 0.6) is 5.75 Å². The fourth-order valence-corrected chi connectivity index (χ4v) is 3.78. The fraction of sp³-hybridized carbons (Fsp3) is 0.667. The van der Waals surface area contributed by atoms with Gasteiger partial charge >= 0.3 is 0 Å². The lowest BCUT2D eigenvalue weighted by Gasteiger charge is -2.52. The smallest absolute Gasteiger partial charge is 0.122 e. The van der Waals surface area contributed by atoms with E-state index >= 15 is 0 Å². The number of benzene rings is 1. The van der Waals surface area contributed by atoms with E-state index in [2.05, 4.69) is 58.9 Å². The van der Waals surface area contributed by atoms with Crippen LogP contribution in [0.1, 0.15) is 59.4 Å². The van der Waals surface area contributed by atoms with Crippen LogP contribution in [0.2, 0.25) is 0 Å². The maximum atomic E-state index is 6.38. The van der Waals surface area contributed by atoms with Gasteiger partial charge in [0.05, 0.1) is 0 Å². The second kappa shape index (κ2) is 5.19. The minimum absolute atomic E-state index is 0.255. The van der Waals surface area contributed by atoms with Crippen molar-refractivity contribution in [1.82, 2.24) is 0 Å². The summed E-state index contributed by atoms with van der Waals surface area (Å²) in [5, 5.41) is 0. The summed E-state index contributed by atoms with van der Waals surface area (Å²) in [7, 11) is 0. The Kier molecular flexibility index (Phi) is 3.94. The normalized spacial score (nSPS) is 26.7. The predicted octanol–water partition coefficient (Wildman–Crippen LogP) is 5.23. The highest BCUT2D eigenvalue weighted by Crippen LogP contribution is 2.53. The number of hydrogen-bond acceptors (Lipinski definition) is 1. The molecule has 1 aromatic rings. The van der Waals surface area contributed by atoms with Crippen LogP contribution in [-0.4, -0.2) is 6.10 Å². The summed E-state index contributed by atoms with van der Waals surface area (Å²) in [4.78, 5) is 0. The molecule has 0 N–H and O–H groups in total. The molecule has 0 fully saturated rings. The van der Waals surface area contributed by atoms with Crippen LogP contribution in [0.3, 0.4) is 0 Å². The highest BCUT2D eigenvalue weighted by molar-refractivity contribution is 5.37. The molecule has 1 aliphatic rings. The Bertz CT molecular complexity index is 430. The van der Waals surface area contributed by atoms with Crippen molar-refractivity contribution in [3.63, 3.8) is 0 Å². The molecule has 0 aliphatic carbocycles. The van der Waals surface area contributed by atoms with Gasteiger partial charge in [0.2, 0.25) is 0 Å². The zero-order valence-electron chi connectivity index (χ0n) is 13.1. The van der Waals surface area contributed by atoms with Crippen LogP contribution < -0.4 is 4.74 Å². The lowest BCUT2D eigenvalue weighted by molar-refractivity contribution is -0.0632. The van der Waals surface area contributed by atoms with Crippen molar-refractivity contribution < 1.29 is 4.74 Å². The number of fused-ring (bicyclic) bond motifs is 1. The Hall–Kier alpha value is -0.980. The minimum atomic E-state index is 0.255. The van der Waals surface area contributed by atoms with Crippen LogP contribution in [0.4, 0.5) is 0 Å². The van der Waals surface area contributed by atoms with Gasteiger partial charge in [0, 0.05) is 5.41 Å². The van der Waals surface area contributed by atoms with E-state index in [1.54, 1.807) is 0 Å². The Labute approximate surface area is 118 Å². The van der Waals surface area contributed by atoms with Crippen molar-refractivity contribution in [3.05, 3.63) is 29.8 Å². The van der Waals surface area contributed by atoms with E-state index in [4.69, 9.17) is 4.74 Å². The van der Waals surface area contributed by atoms with E-state index in [0.717, 1.165) is 18.6 Å². The number of hydrogen-bond donors (Lipinski definition) is 0. The molecule has 2 unspecified atom stereocenters. The Morgan fingerprint density at radius 3 is 2.47 bits per heavy atom. The maximum Gasteiger partial charge on any atom is 0.122 e. The van der Waals surface area contributed by atoms with Gasteiger partial charge in [0.1, 0.15) is 11.9 Å². The first-order chi connectivity index (χ1) is 8.94. The molecule has 19 heavy (non-hydrogen) atoms. The molecular weight excluding hydrogens is 232 g/mol. The SMILES string of the molecule is CCCC1(C(C)(C)C)Cc2ccccc2OC1CC. The standard InChI is InChI=1S/C18H28O/c1-6-12-18(17(3,4)5)13-14-10-8-9-11-15(14)19-16(18)7-2/h8-11,16H,6-7,12-13H2,1-5H3. The average Bonchev–Trinajstić information content (AvgIpc) is 2.36. The molecule has 1 aromatic carbocycles. The monoisotopic (exact) mass is 260 g/mol. The zero-order chi connectivity index (χ0) is 14.1. The second-order valence-electron chi connectivity index (χ2n) is 6.96. The van der Waals surface area contributed by atoms with Gasteiger partial charge in [-0.3, -0.25) is 0 Å². The van der Waals surface area contributed by atoms with E-state index < -0.39 is 0 Å². The molecule has 1 nitrogen and oxygen atoms in total. The molecule has 2 rings (SSSR count). The zero-order valence-corrected chi connectivity index (χ0v) is 13.1. The Morgan fingerprint density at radius 2 is 1.89 bits per heavy atom. The van der Waals surface area contributed by atoms with Crippen molar-refractivity contribution >= 4 is 0 Å². The summed E-state index contributed by atoms with van der Waals surface area (Å²) in [5.74, 6) is 1.10. The first-order valence-electron chi connectivity index (χ1n) is 7.69. The third kappa shape index (κ3) is 2.40. The molecule has 1 heteroatoms. The lowest BCUT2D eigenvalue weighted by Crippen LogP contribution is -2.52. The number of rotatable bonds is 3. The highest BCUT2D eigenvalue weighted by Gasteiger charge is 2.50. The quantitative estimate of drug-likeness (QED) is 0.723. The maximum absolute atomic E-state index is 6.38. The first kappa shape index (κ1) is 14.4. The molecule has 1 aliphatic heterocycles. The summed E-state index contributed by atoms with van der Waals surface area (Å²) in [6, 6.07) is 8.57. The van der Waals surface area contributed by atoms with Crippen LogP contribution in [0.25, 0.3) is 0 Å². The molecule has 0 aromatic heterocycles. The summed E-state index contributed by atoms with van der Waals surface area (Å²) in [6.07, 6.45) is 5.04. The second-order valence-corrected chi connectivity index (χ2v) is 6.96. The molecule has 0 saturated carbocycles. The van der Waals surface area contributed by atoms with E-state index in [9.17, 15) is 0 Å². The van der Waals surface area contributed by atoms with E-state index in [1.807, 2.05) is 0 Å². The Balaban J connectivity index is 2.47. The van der Waals surface area contributed by atoms with Crippen LogP contribution in [-0.2, 0) is 6.42 Å². The predicted molar refractivity (Wildman–Crippen MR) is 81.6 cm³/mol. The van der Waals surface area contributed by atoms with E-state index in [-0.39, 0.29) is 10.8 Å². The summed E-state index contributed by atoms with van der Waals surface area (Å²) in [6.45, 7) is 11.7. The van der Waals surface area contributed by atoms with Gasteiger partial charge < -0.3 is 4.74 Å². The van der Waals surface area contributed by atoms with E-state index in [0.29, 0.717) is 6.10 Å². The first-order valence-corrected chi connectivity index (χ1v) is 7.69. The molecule has 106 valence electrons. The summed E-state index contributed by atoms with van der Waals surface area (Å²) < 4.78 is 6.38. The largest absolute Gasteiger partial charge is 0.490 e. The van der Waals surface area contributed by atoms with Crippen molar-refractivity contribution in [2.24, 2.45) is 10.8 Å². The Morgan fingerprint density at radius 1 is 1.21 bits per heavy atom. The molecule has 0 amide bonds. The molecular formula is C18H28O. The molecule has 0 radical (unpaired) electrons. The van der Waals surface area contributed by atoms with Crippen molar-refractivity contribution in [1.29, 1.82) is 0 Å². The third-order valence-corrected chi connectivity index (χ3v) is 4.92. The van der Waals surface area contributed by atoms with Gasteiger partial charge in [-0.2, -0.15) is 0 Å². The number of ether oxygens (including phenoxy) is 1. The molecule has 0 spiro atoms. The number of para-hydroxylation sites is 1. The van der Waals surface area contributed by atoms with Crippen molar-refractivity contribution in [2.45, 2.75) is 66.4 Å². The molecule has 0 bridgehead atoms. The van der Waals surface area contributed by atoms with Crippen LogP contribution in [0.15, 0.2) is 24.3 Å². The molecule has 2 atom stereocenters. The third-order valence-electron chi connectivity index (χ3n) is 4.92. The van der Waals surface area contributed by atoms with Crippen LogP contribution >= 0.6 is 0 Å². The van der Waals surface area contributed by atoms with Crippen molar-refractivity contribution in [3.8, 4) is 5.75 Å². The van der Waals surface area contributed by atoms with Gasteiger partial charge in [0.15, 0.2) is 0 Å². The summed E-state index contributed by atoms with van der Waals surface area (Å²) in [5.41, 5.74) is 1.90. The highest BCUT2D eigenvalue weighted by atomic mass is 16.5. The van der Waals surface area contributed by atoms with Gasteiger partial charge in [-0.25, -0.2) is 0 Å². The molecule has 0 saturated heterocycles. The van der Waals surface area contributed by atoms with E-state index in [1.165, 1.54) is 18.4 Å². The minimum Gasteiger partial charge on any atom is -0.490 e. The van der Waals surface area contributed by atoms with Gasteiger partial charge in [-0.05, 0) is 36.3 Å².